The fraction of sp³-hybridized carbons (Fsp3) is 0.917. The highest BCUT2D eigenvalue weighted by Gasteiger charge is 2.60. The third-order valence-electron chi connectivity index (χ3n) is 3.21. The van der Waals surface area contributed by atoms with Gasteiger partial charge in [-0.05, 0) is 33.6 Å². The summed E-state index contributed by atoms with van der Waals surface area (Å²) in [6.07, 6.45) is 5.67. The second-order valence-corrected chi connectivity index (χ2v) is 5.86. The average molecular weight is 211 g/mol. The first-order chi connectivity index (χ1) is 6.93. The molecule has 0 aromatic rings. The van der Waals surface area contributed by atoms with E-state index >= 15 is 0 Å². The Bertz CT molecular complexity index is 261. The fourth-order valence-electron chi connectivity index (χ4n) is 2.46. The number of ether oxygens (including phenoxy) is 1. The summed E-state index contributed by atoms with van der Waals surface area (Å²) in [5, 5.41) is 2.99. The van der Waals surface area contributed by atoms with E-state index in [1.165, 1.54) is 19.3 Å². The number of rotatable bonds is 1. The van der Waals surface area contributed by atoms with Crippen molar-refractivity contribution in [3.63, 3.8) is 0 Å². The van der Waals surface area contributed by atoms with Crippen molar-refractivity contribution in [3.05, 3.63) is 0 Å². The van der Waals surface area contributed by atoms with Crippen molar-refractivity contribution in [2.45, 2.75) is 70.1 Å². The van der Waals surface area contributed by atoms with Gasteiger partial charge in [0.05, 0.1) is 0 Å². The molecule has 1 atom stereocenters. The van der Waals surface area contributed by atoms with Gasteiger partial charge in [-0.15, -0.1) is 0 Å². The highest BCUT2D eigenvalue weighted by atomic mass is 16.6. The first-order valence-corrected chi connectivity index (χ1v) is 5.93. The van der Waals surface area contributed by atoms with Crippen LogP contribution in [0, 0.1) is 0 Å². The molecule has 1 unspecified atom stereocenters. The number of nitrogens with one attached hydrogen (secondary N) is 1. The van der Waals surface area contributed by atoms with Crippen LogP contribution in [-0.4, -0.2) is 23.2 Å². The van der Waals surface area contributed by atoms with Crippen molar-refractivity contribution in [2.24, 2.45) is 0 Å². The van der Waals surface area contributed by atoms with Gasteiger partial charge < -0.3 is 10.1 Å². The monoisotopic (exact) mass is 211 g/mol. The summed E-state index contributed by atoms with van der Waals surface area (Å²) in [6.45, 7) is 6.00. The van der Waals surface area contributed by atoms with Gasteiger partial charge in [-0.25, -0.2) is 0 Å². The topological polar surface area (TPSA) is 41.6 Å². The normalized spacial score (nSPS) is 28.9. The predicted molar refractivity (Wildman–Crippen MR) is 58.6 cm³/mol. The molecule has 2 fully saturated rings. The summed E-state index contributed by atoms with van der Waals surface area (Å²) >= 11 is 0. The summed E-state index contributed by atoms with van der Waals surface area (Å²) in [6, 6.07) is 0. The number of amides is 1. The molecule has 0 radical (unpaired) electrons. The number of carbonyl (C=O) groups is 1. The Morgan fingerprint density at radius 2 is 1.87 bits per heavy atom. The van der Waals surface area contributed by atoms with Crippen molar-refractivity contribution in [3.8, 4) is 0 Å². The lowest BCUT2D eigenvalue weighted by Crippen LogP contribution is -2.44. The maximum Gasteiger partial charge on any atom is 0.252 e. The van der Waals surface area contributed by atoms with Crippen molar-refractivity contribution in [1.82, 2.24) is 5.32 Å². The predicted octanol–water partition coefficient (Wildman–Crippen LogP) is 2.00. The molecule has 86 valence electrons. The van der Waals surface area contributed by atoms with Crippen LogP contribution < -0.4 is 5.32 Å². The lowest BCUT2D eigenvalue weighted by atomic mass is 9.86. The fourth-order valence-corrected chi connectivity index (χ4v) is 2.46. The summed E-state index contributed by atoms with van der Waals surface area (Å²) in [5.41, 5.74) is -0.230. The van der Waals surface area contributed by atoms with Crippen LogP contribution in [-0.2, 0) is 9.53 Å². The highest BCUT2D eigenvalue weighted by molar-refractivity contribution is 5.85. The Balaban J connectivity index is 1.89. The van der Waals surface area contributed by atoms with Crippen LogP contribution in [0.5, 0.6) is 0 Å². The SMILES string of the molecule is CC(C)(C)NC(=O)C1OC12CCCCC2. The maximum atomic E-state index is 11.9. The second kappa shape index (κ2) is 3.48. The van der Waals surface area contributed by atoms with Crippen molar-refractivity contribution >= 4 is 5.91 Å². The summed E-state index contributed by atoms with van der Waals surface area (Å²) in [4.78, 5) is 11.9. The molecule has 0 aromatic carbocycles. The molecule has 1 aliphatic carbocycles. The Labute approximate surface area is 91.6 Å². The van der Waals surface area contributed by atoms with Gasteiger partial charge in [0.1, 0.15) is 5.60 Å². The summed E-state index contributed by atoms with van der Waals surface area (Å²) in [7, 11) is 0. The third-order valence-corrected chi connectivity index (χ3v) is 3.21. The van der Waals surface area contributed by atoms with Crippen molar-refractivity contribution in [2.75, 3.05) is 0 Å². The minimum Gasteiger partial charge on any atom is -0.356 e. The van der Waals surface area contributed by atoms with E-state index in [1.807, 2.05) is 20.8 Å². The summed E-state index contributed by atoms with van der Waals surface area (Å²) in [5.74, 6) is 0.0735. The van der Waals surface area contributed by atoms with E-state index in [0.29, 0.717) is 0 Å². The van der Waals surface area contributed by atoms with Crippen LogP contribution >= 0.6 is 0 Å². The van der Waals surface area contributed by atoms with E-state index in [9.17, 15) is 4.79 Å². The lowest BCUT2D eigenvalue weighted by Gasteiger charge is -2.22. The van der Waals surface area contributed by atoms with Crippen molar-refractivity contribution in [1.29, 1.82) is 0 Å². The minimum atomic E-state index is -0.169. The summed E-state index contributed by atoms with van der Waals surface area (Å²) < 4.78 is 5.64. The third kappa shape index (κ3) is 2.33. The molecule has 2 rings (SSSR count). The van der Waals surface area contributed by atoms with Gasteiger partial charge in [-0.1, -0.05) is 19.3 Å². The molecule has 15 heavy (non-hydrogen) atoms. The molecule has 2 aliphatic rings. The molecular weight excluding hydrogens is 190 g/mol. The second-order valence-electron chi connectivity index (χ2n) is 5.86. The van der Waals surface area contributed by atoms with Crippen LogP contribution in [0.3, 0.4) is 0 Å². The Kier molecular flexibility index (Phi) is 2.53. The average Bonchev–Trinajstić information content (AvgIpc) is 2.78. The number of carbonyl (C=O) groups excluding carboxylic acids is 1. The number of hydrogen-bond donors (Lipinski definition) is 1. The Hall–Kier alpha value is -0.570. The first kappa shape index (κ1) is 10.9. The molecule has 1 heterocycles. The van der Waals surface area contributed by atoms with E-state index in [2.05, 4.69) is 5.32 Å². The first-order valence-electron chi connectivity index (χ1n) is 5.93. The Morgan fingerprint density at radius 3 is 2.40 bits per heavy atom. The quantitative estimate of drug-likeness (QED) is 0.674. The lowest BCUT2D eigenvalue weighted by molar-refractivity contribution is -0.123. The molecule has 1 amide bonds. The van der Waals surface area contributed by atoms with Crippen LogP contribution in [0.2, 0.25) is 0 Å². The zero-order valence-corrected chi connectivity index (χ0v) is 9.93. The van der Waals surface area contributed by atoms with Gasteiger partial charge in [0.25, 0.3) is 5.91 Å². The van der Waals surface area contributed by atoms with Gasteiger partial charge >= 0.3 is 0 Å². The van der Waals surface area contributed by atoms with E-state index in [0.717, 1.165) is 12.8 Å². The largest absolute Gasteiger partial charge is 0.356 e. The number of hydrogen-bond acceptors (Lipinski definition) is 2. The van der Waals surface area contributed by atoms with Gasteiger partial charge in [-0.2, -0.15) is 0 Å². The molecule has 1 saturated heterocycles. The zero-order valence-electron chi connectivity index (χ0n) is 9.93. The highest BCUT2D eigenvalue weighted by Crippen LogP contribution is 2.48. The smallest absolute Gasteiger partial charge is 0.252 e. The van der Waals surface area contributed by atoms with E-state index in [-0.39, 0.29) is 23.2 Å². The van der Waals surface area contributed by atoms with Crippen LogP contribution in [0.4, 0.5) is 0 Å². The molecule has 1 spiro atoms. The van der Waals surface area contributed by atoms with E-state index in [1.54, 1.807) is 0 Å². The minimum absolute atomic E-state index is 0.0735. The van der Waals surface area contributed by atoms with Crippen LogP contribution in [0.1, 0.15) is 52.9 Å². The zero-order chi connectivity index (χ0) is 11.1. The number of epoxide rings is 1. The molecular formula is C12H21NO2. The van der Waals surface area contributed by atoms with Gasteiger partial charge in [0.2, 0.25) is 0 Å². The molecule has 3 heteroatoms. The molecule has 1 aliphatic heterocycles. The molecule has 3 nitrogen and oxygen atoms in total. The Morgan fingerprint density at radius 1 is 1.27 bits per heavy atom. The van der Waals surface area contributed by atoms with Gasteiger partial charge in [-0.3, -0.25) is 4.79 Å². The van der Waals surface area contributed by atoms with Gasteiger partial charge in [0, 0.05) is 5.54 Å². The van der Waals surface area contributed by atoms with Crippen LogP contribution in [0.15, 0.2) is 0 Å². The van der Waals surface area contributed by atoms with Crippen molar-refractivity contribution < 1.29 is 9.53 Å². The maximum absolute atomic E-state index is 11.9. The van der Waals surface area contributed by atoms with E-state index < -0.39 is 0 Å². The van der Waals surface area contributed by atoms with Gasteiger partial charge in [0.15, 0.2) is 6.10 Å². The molecule has 0 bridgehead atoms. The molecule has 1 saturated carbocycles. The molecule has 1 N–H and O–H groups in total. The molecule has 0 aromatic heterocycles. The standard InChI is InChI=1S/C12H21NO2/c1-11(2,3)13-10(14)9-12(15-9)7-5-4-6-8-12/h9H,4-8H2,1-3H3,(H,13,14). The van der Waals surface area contributed by atoms with E-state index in [4.69, 9.17) is 4.74 Å². The van der Waals surface area contributed by atoms with Crippen LogP contribution in [0.25, 0.3) is 0 Å².